The van der Waals surface area contributed by atoms with Crippen molar-refractivity contribution in [2.24, 2.45) is 0 Å². The molecule has 0 bridgehead atoms. The van der Waals surface area contributed by atoms with Crippen LogP contribution in [-0.4, -0.2) is 19.9 Å². The molecule has 0 atom stereocenters. The van der Waals surface area contributed by atoms with Crippen molar-refractivity contribution in [3.8, 4) is 43.5 Å². The van der Waals surface area contributed by atoms with Crippen molar-refractivity contribution in [3.05, 3.63) is 187 Å². The maximum absolute atomic E-state index is 6.38. The van der Waals surface area contributed by atoms with Crippen LogP contribution in [0.5, 0.6) is 11.5 Å². The molecule has 3 aliphatic heterocycles. The first-order valence-corrected chi connectivity index (χ1v) is 24.5. The third-order valence-electron chi connectivity index (χ3n) is 13.6. The van der Waals surface area contributed by atoms with Gasteiger partial charge in [-0.1, -0.05) is 124 Å². The zero-order valence-electron chi connectivity index (χ0n) is 37.3. The third-order valence-corrected chi connectivity index (χ3v) is 15.9. The number of hydrogen-bond acceptors (Lipinski definition) is 6. The quantitative estimate of drug-likeness (QED) is 0.161. The van der Waals surface area contributed by atoms with Gasteiger partial charge in [0.1, 0.15) is 13.2 Å². The Balaban J connectivity index is 1.10. The predicted octanol–water partition coefficient (Wildman–Crippen LogP) is 14.6. The van der Waals surface area contributed by atoms with Gasteiger partial charge >= 0.3 is 0 Å². The molecule has 0 spiro atoms. The van der Waals surface area contributed by atoms with Crippen molar-refractivity contribution in [3.63, 3.8) is 0 Å². The molecule has 0 aliphatic carbocycles. The molecular weight excluding hydrogens is 844 g/mol. The van der Waals surface area contributed by atoms with Gasteiger partial charge < -0.3 is 19.3 Å². The topological polar surface area (TPSA) is 24.9 Å². The molecule has 13 rings (SSSR count). The van der Waals surface area contributed by atoms with E-state index in [1.165, 1.54) is 91.3 Å². The standard InChI is InChI=1S/C59H45BN2O2S2/c1-36-27-50-58-51(28-36)62(48-35-53-52(63-25-26-64-53)34-44(48)37-13-6-5-7-14-37)47-24-22-42(59(2,3)4)33-46(47)60(58)45-23-21-41(57-32-40-16-9-11-20-55(40)66-57)30-49(45)61(50)43-18-12-17-38(29-43)56-31-39-15-8-10-19-54(39)65-56/h5-24,27-35H,25-26H2,1-4H3. The van der Waals surface area contributed by atoms with Crippen LogP contribution in [0.2, 0.25) is 0 Å². The van der Waals surface area contributed by atoms with Gasteiger partial charge in [-0.3, -0.25) is 0 Å². The Kier molecular flexibility index (Phi) is 8.93. The summed E-state index contributed by atoms with van der Waals surface area (Å²) in [5.41, 5.74) is 17.9. The lowest BCUT2D eigenvalue weighted by atomic mass is 9.33. The van der Waals surface area contributed by atoms with Crippen LogP contribution in [0.3, 0.4) is 0 Å². The van der Waals surface area contributed by atoms with E-state index in [9.17, 15) is 0 Å². The molecule has 0 radical (unpaired) electrons. The normalized spacial score (nSPS) is 13.8. The van der Waals surface area contributed by atoms with Gasteiger partial charge in [0.05, 0.1) is 5.69 Å². The van der Waals surface area contributed by atoms with Crippen molar-refractivity contribution >= 4 is 100 Å². The number of benzene rings is 8. The highest BCUT2D eigenvalue weighted by molar-refractivity contribution is 7.22. The van der Waals surface area contributed by atoms with Crippen LogP contribution in [0.4, 0.5) is 34.1 Å². The molecule has 0 N–H and O–H groups in total. The number of anilines is 6. The Bertz CT molecular complexity index is 3520. The van der Waals surface area contributed by atoms with Crippen LogP contribution < -0.4 is 35.7 Å². The number of rotatable bonds is 5. The van der Waals surface area contributed by atoms with Crippen LogP contribution in [0.15, 0.2) is 176 Å². The molecule has 0 saturated carbocycles. The first-order chi connectivity index (χ1) is 32.2. The minimum Gasteiger partial charge on any atom is -0.486 e. The highest BCUT2D eigenvalue weighted by Crippen LogP contribution is 2.51. The Morgan fingerprint density at radius 3 is 1.82 bits per heavy atom. The summed E-state index contributed by atoms with van der Waals surface area (Å²) in [4.78, 5) is 7.61. The van der Waals surface area contributed by atoms with Crippen molar-refractivity contribution in [2.75, 3.05) is 23.0 Å². The Morgan fingerprint density at radius 2 is 1.12 bits per heavy atom. The Hall–Kier alpha value is -7.06. The van der Waals surface area contributed by atoms with Gasteiger partial charge in [0.25, 0.3) is 6.71 Å². The van der Waals surface area contributed by atoms with Crippen LogP contribution in [0.1, 0.15) is 31.9 Å². The largest absolute Gasteiger partial charge is 0.486 e. The van der Waals surface area contributed by atoms with Crippen molar-refractivity contribution in [1.29, 1.82) is 0 Å². The van der Waals surface area contributed by atoms with E-state index in [0.717, 1.165) is 34.0 Å². The number of ether oxygens (including phenoxy) is 2. The zero-order valence-corrected chi connectivity index (χ0v) is 38.9. The molecule has 66 heavy (non-hydrogen) atoms. The van der Waals surface area contributed by atoms with Crippen LogP contribution in [0, 0.1) is 6.92 Å². The zero-order chi connectivity index (χ0) is 44.3. The van der Waals surface area contributed by atoms with Gasteiger partial charge in [-0.2, -0.15) is 0 Å². The Labute approximate surface area is 394 Å². The molecule has 8 aromatic carbocycles. The lowest BCUT2D eigenvalue weighted by molar-refractivity contribution is 0.172. The molecule has 0 saturated heterocycles. The van der Waals surface area contributed by atoms with Crippen molar-refractivity contribution in [1.82, 2.24) is 0 Å². The van der Waals surface area contributed by atoms with Crippen molar-refractivity contribution in [2.45, 2.75) is 33.1 Å². The lowest BCUT2D eigenvalue weighted by Gasteiger charge is -2.45. The smallest absolute Gasteiger partial charge is 0.252 e. The van der Waals surface area contributed by atoms with Gasteiger partial charge in [-0.25, -0.2) is 0 Å². The van der Waals surface area contributed by atoms with Gasteiger partial charge in [-0.05, 0) is 134 Å². The van der Waals surface area contributed by atoms with E-state index in [1.807, 2.05) is 22.7 Å². The fraction of sp³-hybridized carbons (Fsp3) is 0.119. The summed E-state index contributed by atoms with van der Waals surface area (Å²) in [6.45, 7) is 10.2. The SMILES string of the molecule is Cc1cc2c3c(c1)N(c1cc4c(cc1-c1ccccc1)OCCO4)c1ccc(C(C)(C)C)cc1B3c1ccc(-c3cc4ccccc4s3)cc1N2c1cccc(-c2cc3ccccc3s2)c1. The molecule has 4 nitrogen and oxygen atoms in total. The second-order valence-electron chi connectivity index (χ2n) is 18.8. The third kappa shape index (κ3) is 6.32. The number of aryl methyl sites for hydroxylation is 1. The molecule has 3 aliphatic rings. The fourth-order valence-electron chi connectivity index (χ4n) is 10.5. The second-order valence-corrected chi connectivity index (χ2v) is 21.0. The number of nitrogens with zero attached hydrogens (tertiary/aromatic N) is 2. The summed E-state index contributed by atoms with van der Waals surface area (Å²) >= 11 is 3.72. The number of thiophene rings is 2. The molecule has 0 fully saturated rings. The number of fused-ring (bicyclic) bond motifs is 7. The van der Waals surface area contributed by atoms with Crippen LogP contribution >= 0.6 is 22.7 Å². The second kappa shape index (κ2) is 15.0. The first-order valence-electron chi connectivity index (χ1n) is 22.8. The first kappa shape index (κ1) is 39.3. The predicted molar refractivity (Wildman–Crippen MR) is 282 cm³/mol. The molecule has 318 valence electrons. The molecule has 10 aromatic rings. The average Bonchev–Trinajstić information content (AvgIpc) is 3.99. The van der Waals surface area contributed by atoms with E-state index < -0.39 is 0 Å². The Morgan fingerprint density at radius 1 is 0.485 bits per heavy atom. The summed E-state index contributed by atoms with van der Waals surface area (Å²) in [5, 5.41) is 2.55. The monoisotopic (exact) mass is 888 g/mol. The summed E-state index contributed by atoms with van der Waals surface area (Å²) in [6.07, 6.45) is 0. The van der Waals surface area contributed by atoms with E-state index in [0.29, 0.717) is 13.2 Å². The average molecular weight is 889 g/mol. The number of hydrogen-bond donors (Lipinski definition) is 0. The summed E-state index contributed by atoms with van der Waals surface area (Å²) < 4.78 is 15.3. The summed E-state index contributed by atoms with van der Waals surface area (Å²) in [7, 11) is 0. The van der Waals surface area contributed by atoms with Crippen LogP contribution in [-0.2, 0) is 5.41 Å². The minimum atomic E-state index is -0.0654. The molecule has 0 amide bonds. The highest BCUT2D eigenvalue weighted by atomic mass is 32.1. The van der Waals surface area contributed by atoms with Gasteiger partial charge in [-0.15, -0.1) is 22.7 Å². The van der Waals surface area contributed by atoms with Crippen molar-refractivity contribution < 1.29 is 9.47 Å². The summed E-state index contributed by atoms with van der Waals surface area (Å²) in [6, 6.07) is 65.8. The molecule has 7 heteroatoms. The van der Waals surface area contributed by atoms with E-state index in [-0.39, 0.29) is 12.1 Å². The van der Waals surface area contributed by atoms with E-state index in [2.05, 4.69) is 213 Å². The summed E-state index contributed by atoms with van der Waals surface area (Å²) in [5.74, 6) is 1.55. The van der Waals surface area contributed by atoms with Gasteiger partial charge in [0.2, 0.25) is 0 Å². The maximum atomic E-state index is 6.38. The highest BCUT2D eigenvalue weighted by Gasteiger charge is 2.44. The lowest BCUT2D eigenvalue weighted by Crippen LogP contribution is -2.61. The van der Waals surface area contributed by atoms with E-state index in [4.69, 9.17) is 9.47 Å². The van der Waals surface area contributed by atoms with E-state index in [1.54, 1.807) is 0 Å². The van der Waals surface area contributed by atoms with Crippen LogP contribution in [0.25, 0.3) is 52.2 Å². The van der Waals surface area contributed by atoms with Gasteiger partial charge in [0.15, 0.2) is 11.5 Å². The molecular formula is C59H45BN2O2S2. The van der Waals surface area contributed by atoms with E-state index >= 15 is 0 Å². The molecule has 5 heterocycles. The molecule has 2 aromatic heterocycles. The maximum Gasteiger partial charge on any atom is 0.252 e. The van der Waals surface area contributed by atoms with Gasteiger partial charge in [0, 0.05) is 59.2 Å². The molecule has 0 unspecified atom stereocenters. The fourth-order valence-corrected chi connectivity index (χ4v) is 12.6. The minimum absolute atomic E-state index is 0.0324.